The van der Waals surface area contributed by atoms with Crippen LogP contribution in [0.25, 0.3) is 0 Å². The van der Waals surface area contributed by atoms with Crippen molar-refractivity contribution in [2.45, 2.75) is 30.2 Å². The van der Waals surface area contributed by atoms with E-state index in [0.717, 1.165) is 8.61 Å². The van der Waals surface area contributed by atoms with Crippen molar-refractivity contribution in [3.05, 3.63) is 82.9 Å². The second-order valence-corrected chi connectivity index (χ2v) is 13.1. The molecule has 1 N–H and O–H groups in total. The van der Waals surface area contributed by atoms with E-state index in [4.69, 9.17) is 16.3 Å². The molecule has 0 radical (unpaired) electrons. The number of rotatable bonds is 11. The summed E-state index contributed by atoms with van der Waals surface area (Å²) in [6.07, 6.45) is 0. The molecule has 3 aromatic carbocycles. The van der Waals surface area contributed by atoms with Crippen LogP contribution in [0.15, 0.2) is 76.5 Å². The predicted molar refractivity (Wildman–Crippen MR) is 147 cm³/mol. The molecule has 0 saturated heterocycles. The molecule has 1 amide bonds. The monoisotopic (exact) mass is 579 g/mol. The first-order valence-corrected chi connectivity index (χ1v) is 14.9. The average molecular weight is 580 g/mol. The van der Waals surface area contributed by atoms with Crippen LogP contribution in [0.3, 0.4) is 0 Å². The van der Waals surface area contributed by atoms with Gasteiger partial charge < -0.3 is 10.1 Å². The largest absolute Gasteiger partial charge is 0.492 e. The molecule has 0 saturated carbocycles. The molecule has 0 aliphatic heterocycles. The molecule has 38 heavy (non-hydrogen) atoms. The van der Waals surface area contributed by atoms with Gasteiger partial charge in [-0.15, -0.1) is 0 Å². The number of carbonyl (C=O) groups excluding carboxylic acids is 1. The van der Waals surface area contributed by atoms with E-state index in [1.54, 1.807) is 50.2 Å². The SMILES string of the molecule is CCOc1ccc(S(=O)(=O)N(CC(=O)Nc2cc(S(=O)(=O)N(C)C)ccc2C)Cc2ccccc2)cc1Cl. The maximum atomic E-state index is 13.6. The third-order valence-electron chi connectivity index (χ3n) is 5.62. The molecule has 0 unspecified atom stereocenters. The highest BCUT2D eigenvalue weighted by atomic mass is 35.5. The zero-order valence-corrected chi connectivity index (χ0v) is 23.9. The molecule has 3 aromatic rings. The molecule has 0 heterocycles. The van der Waals surface area contributed by atoms with Gasteiger partial charge in [0.2, 0.25) is 26.0 Å². The highest BCUT2D eigenvalue weighted by molar-refractivity contribution is 7.89. The quantitative estimate of drug-likeness (QED) is 0.365. The molecule has 0 aromatic heterocycles. The van der Waals surface area contributed by atoms with Crippen LogP contribution < -0.4 is 10.1 Å². The minimum Gasteiger partial charge on any atom is -0.492 e. The highest BCUT2D eigenvalue weighted by Crippen LogP contribution is 2.29. The summed E-state index contributed by atoms with van der Waals surface area (Å²) in [7, 11) is -5.08. The number of aryl methyl sites for hydroxylation is 1. The van der Waals surface area contributed by atoms with E-state index in [0.29, 0.717) is 23.5 Å². The summed E-state index contributed by atoms with van der Waals surface area (Å²) < 4.78 is 59.9. The van der Waals surface area contributed by atoms with Gasteiger partial charge >= 0.3 is 0 Å². The van der Waals surface area contributed by atoms with Crippen molar-refractivity contribution in [2.75, 3.05) is 32.6 Å². The Morgan fingerprint density at radius 3 is 2.16 bits per heavy atom. The fraction of sp³-hybridized carbons (Fsp3) is 0.269. The van der Waals surface area contributed by atoms with Crippen molar-refractivity contribution < 1.29 is 26.4 Å². The molecule has 0 fully saturated rings. The summed E-state index contributed by atoms with van der Waals surface area (Å²) in [6.45, 7) is 3.26. The van der Waals surface area contributed by atoms with Gasteiger partial charge in [0.15, 0.2) is 0 Å². The second-order valence-electron chi connectivity index (χ2n) is 8.60. The number of sulfonamides is 2. The van der Waals surface area contributed by atoms with Gasteiger partial charge in [-0.2, -0.15) is 4.31 Å². The zero-order valence-electron chi connectivity index (χ0n) is 21.5. The normalized spacial score (nSPS) is 12.1. The molecule has 9 nitrogen and oxygen atoms in total. The first kappa shape index (κ1) is 29.6. The maximum Gasteiger partial charge on any atom is 0.243 e. The predicted octanol–water partition coefficient (Wildman–Crippen LogP) is 4.13. The molecular weight excluding hydrogens is 550 g/mol. The highest BCUT2D eigenvalue weighted by Gasteiger charge is 2.28. The van der Waals surface area contributed by atoms with Crippen molar-refractivity contribution in [2.24, 2.45) is 0 Å². The summed E-state index contributed by atoms with van der Waals surface area (Å²) in [5.74, 6) is -0.285. The van der Waals surface area contributed by atoms with Crippen LogP contribution in [-0.4, -0.2) is 58.6 Å². The Balaban J connectivity index is 1.93. The van der Waals surface area contributed by atoms with Gasteiger partial charge in [0, 0.05) is 26.3 Å². The third kappa shape index (κ3) is 6.91. The molecule has 0 spiro atoms. The molecule has 3 rings (SSSR count). The molecule has 204 valence electrons. The third-order valence-corrected chi connectivity index (χ3v) is 9.52. The molecule has 0 aliphatic carbocycles. The smallest absolute Gasteiger partial charge is 0.243 e. The number of benzene rings is 3. The zero-order chi connectivity index (χ0) is 28.1. The van der Waals surface area contributed by atoms with Crippen LogP contribution in [0.2, 0.25) is 5.02 Å². The van der Waals surface area contributed by atoms with Gasteiger partial charge in [0.05, 0.1) is 28.0 Å². The van der Waals surface area contributed by atoms with Crippen molar-refractivity contribution in [1.82, 2.24) is 8.61 Å². The van der Waals surface area contributed by atoms with Gasteiger partial charge in [0.25, 0.3) is 0 Å². The lowest BCUT2D eigenvalue weighted by Crippen LogP contribution is -2.37. The summed E-state index contributed by atoms with van der Waals surface area (Å²) in [4.78, 5) is 13.0. The van der Waals surface area contributed by atoms with Crippen LogP contribution in [0.4, 0.5) is 5.69 Å². The number of hydrogen-bond acceptors (Lipinski definition) is 6. The number of ether oxygens (including phenoxy) is 1. The molecule has 0 aliphatic rings. The Morgan fingerprint density at radius 2 is 1.55 bits per heavy atom. The van der Waals surface area contributed by atoms with Crippen molar-refractivity contribution in [3.8, 4) is 5.75 Å². The van der Waals surface area contributed by atoms with Crippen molar-refractivity contribution >= 4 is 43.2 Å². The van der Waals surface area contributed by atoms with Crippen LogP contribution in [-0.2, 0) is 31.4 Å². The summed E-state index contributed by atoms with van der Waals surface area (Å²) >= 11 is 6.24. The van der Waals surface area contributed by atoms with E-state index in [1.165, 1.54) is 44.4 Å². The van der Waals surface area contributed by atoms with E-state index < -0.39 is 32.5 Å². The fourth-order valence-electron chi connectivity index (χ4n) is 3.53. The first-order valence-electron chi connectivity index (χ1n) is 11.7. The van der Waals surface area contributed by atoms with Gasteiger partial charge in [-0.3, -0.25) is 4.79 Å². The van der Waals surface area contributed by atoms with Gasteiger partial charge in [0.1, 0.15) is 5.75 Å². The van der Waals surface area contributed by atoms with Crippen LogP contribution >= 0.6 is 11.6 Å². The van der Waals surface area contributed by atoms with E-state index in [9.17, 15) is 21.6 Å². The van der Waals surface area contributed by atoms with E-state index in [2.05, 4.69) is 5.32 Å². The number of nitrogens with zero attached hydrogens (tertiary/aromatic N) is 2. The Bertz CT molecular complexity index is 1510. The minimum absolute atomic E-state index is 0.00110. The van der Waals surface area contributed by atoms with Gasteiger partial charge in [-0.1, -0.05) is 48.0 Å². The number of hydrogen-bond donors (Lipinski definition) is 1. The summed E-state index contributed by atoms with van der Waals surface area (Å²) in [5.41, 5.74) is 1.56. The topological polar surface area (TPSA) is 113 Å². The Morgan fingerprint density at radius 1 is 0.921 bits per heavy atom. The molecule has 12 heteroatoms. The van der Waals surface area contributed by atoms with Crippen LogP contribution in [0.5, 0.6) is 5.75 Å². The second kappa shape index (κ2) is 12.3. The van der Waals surface area contributed by atoms with Crippen LogP contribution in [0.1, 0.15) is 18.1 Å². The minimum atomic E-state index is -4.16. The van der Waals surface area contributed by atoms with E-state index >= 15 is 0 Å². The van der Waals surface area contributed by atoms with Gasteiger partial charge in [-0.25, -0.2) is 21.1 Å². The first-order chi connectivity index (χ1) is 17.9. The lowest BCUT2D eigenvalue weighted by molar-refractivity contribution is -0.116. The van der Waals surface area contributed by atoms with E-state index in [1.807, 2.05) is 0 Å². The lowest BCUT2D eigenvalue weighted by atomic mass is 10.2. The fourth-order valence-corrected chi connectivity index (χ4v) is 6.17. The lowest BCUT2D eigenvalue weighted by Gasteiger charge is -2.23. The molecule has 0 bridgehead atoms. The number of anilines is 1. The van der Waals surface area contributed by atoms with Crippen molar-refractivity contribution in [3.63, 3.8) is 0 Å². The van der Waals surface area contributed by atoms with Crippen LogP contribution in [0, 0.1) is 6.92 Å². The Kier molecular flexibility index (Phi) is 9.55. The van der Waals surface area contributed by atoms with Crippen molar-refractivity contribution in [1.29, 1.82) is 0 Å². The summed E-state index contributed by atoms with van der Waals surface area (Å²) in [5, 5.41) is 2.80. The molecular formula is C26H30ClN3O6S2. The summed E-state index contributed by atoms with van der Waals surface area (Å²) in [6, 6.07) is 17.4. The number of nitrogens with one attached hydrogen (secondary N) is 1. The maximum absolute atomic E-state index is 13.6. The number of amides is 1. The van der Waals surface area contributed by atoms with E-state index in [-0.39, 0.29) is 27.0 Å². The van der Waals surface area contributed by atoms with Gasteiger partial charge in [-0.05, 0) is 55.3 Å². The number of carbonyl (C=O) groups is 1. The Hall–Kier alpha value is -2.96. The standard InChI is InChI=1S/C26H30ClN3O6S2/c1-5-36-25-14-13-21(15-23(25)27)38(34,35)30(17-20-9-7-6-8-10-20)18-26(31)28-24-16-22(12-11-19(24)2)37(32,33)29(3)4/h6-16H,5,17-18H2,1-4H3,(H,28,31). The average Bonchev–Trinajstić information content (AvgIpc) is 2.86. The molecule has 0 atom stereocenters. The Labute approximate surface area is 229 Å². The number of halogens is 1.